The van der Waals surface area contributed by atoms with Gasteiger partial charge in [-0.25, -0.2) is 0 Å². The number of rotatable bonds is 6. The van der Waals surface area contributed by atoms with Gasteiger partial charge in [0.25, 0.3) is 16.8 Å². The lowest BCUT2D eigenvalue weighted by Gasteiger charge is -2.12. The Morgan fingerprint density at radius 3 is 2.58 bits per heavy atom. The third-order valence-corrected chi connectivity index (χ3v) is 6.83. The molecule has 1 aliphatic heterocycles. The molecular weight excluding hydrogens is 476 g/mol. The van der Waals surface area contributed by atoms with Gasteiger partial charge in [0.1, 0.15) is 0 Å². The number of amides is 2. The van der Waals surface area contributed by atoms with Crippen LogP contribution in [-0.4, -0.2) is 25.5 Å². The SMILES string of the molecule is N#Cc1ccccc1Cn1cc(/C=C2/SC(=O)N(Cc3cccc([N+](=O)[O-])c3)C2=O)c2ccccc21. The Bertz CT molecular complexity index is 1620. The zero-order valence-corrected chi connectivity index (χ0v) is 19.6. The molecular formula is C27H18N4O4S. The minimum Gasteiger partial charge on any atom is -0.342 e. The van der Waals surface area contributed by atoms with Gasteiger partial charge >= 0.3 is 0 Å². The molecule has 1 saturated heterocycles. The van der Waals surface area contributed by atoms with Crippen LogP contribution in [0, 0.1) is 21.4 Å². The minimum atomic E-state index is -0.512. The number of benzene rings is 3. The van der Waals surface area contributed by atoms with Crippen molar-refractivity contribution in [2.75, 3.05) is 0 Å². The van der Waals surface area contributed by atoms with E-state index in [1.807, 2.05) is 53.2 Å². The summed E-state index contributed by atoms with van der Waals surface area (Å²) in [6.07, 6.45) is 3.61. The van der Waals surface area contributed by atoms with Gasteiger partial charge in [0.15, 0.2) is 0 Å². The topological polar surface area (TPSA) is 109 Å². The average Bonchev–Trinajstić information content (AvgIpc) is 3.36. The summed E-state index contributed by atoms with van der Waals surface area (Å²) >= 11 is 0.847. The normalized spacial score (nSPS) is 14.5. The second-order valence-corrected chi connectivity index (χ2v) is 9.19. The molecule has 5 rings (SSSR count). The predicted molar refractivity (Wildman–Crippen MR) is 137 cm³/mol. The van der Waals surface area contributed by atoms with Crippen molar-refractivity contribution in [2.45, 2.75) is 13.1 Å². The summed E-state index contributed by atoms with van der Waals surface area (Å²) in [5.74, 6) is -0.442. The van der Waals surface area contributed by atoms with Crippen molar-refractivity contribution in [2.24, 2.45) is 0 Å². The van der Waals surface area contributed by atoms with E-state index in [9.17, 15) is 25.0 Å². The molecule has 1 fully saturated rings. The molecule has 1 aliphatic rings. The monoisotopic (exact) mass is 494 g/mol. The standard InChI is InChI=1S/C27H18N4O4S/c28-14-19-7-1-2-8-20(19)16-29-17-21(23-10-3-4-11-24(23)29)13-25-26(32)30(27(33)36-25)15-18-6-5-9-22(12-18)31(34)35/h1-13,17H,15-16H2/b25-13+. The van der Waals surface area contributed by atoms with Gasteiger partial charge in [0.2, 0.25) is 0 Å². The number of carbonyl (C=O) groups excluding carboxylic acids is 2. The van der Waals surface area contributed by atoms with Crippen LogP contribution < -0.4 is 0 Å². The fourth-order valence-electron chi connectivity index (χ4n) is 4.20. The van der Waals surface area contributed by atoms with Crippen LogP contribution in [0.15, 0.2) is 83.9 Å². The highest BCUT2D eigenvalue weighted by atomic mass is 32.2. The number of non-ortho nitro benzene ring substituents is 1. The molecule has 0 radical (unpaired) electrons. The first-order chi connectivity index (χ1) is 17.4. The molecule has 0 N–H and O–H groups in total. The number of imide groups is 1. The maximum absolute atomic E-state index is 13.1. The molecule has 176 valence electrons. The first-order valence-electron chi connectivity index (χ1n) is 11.0. The molecule has 0 spiro atoms. The van der Waals surface area contributed by atoms with Gasteiger partial charge in [0, 0.05) is 41.3 Å². The lowest BCUT2D eigenvalue weighted by Crippen LogP contribution is -2.27. The van der Waals surface area contributed by atoms with E-state index in [0.717, 1.165) is 38.7 Å². The molecule has 0 aliphatic carbocycles. The molecule has 0 bridgehead atoms. The molecule has 8 nitrogen and oxygen atoms in total. The van der Waals surface area contributed by atoms with E-state index in [1.165, 1.54) is 18.2 Å². The summed E-state index contributed by atoms with van der Waals surface area (Å²) in [4.78, 5) is 37.7. The molecule has 2 amide bonds. The van der Waals surface area contributed by atoms with Crippen molar-refractivity contribution in [3.8, 4) is 6.07 Å². The van der Waals surface area contributed by atoms with Crippen LogP contribution in [0.3, 0.4) is 0 Å². The van der Waals surface area contributed by atoms with E-state index < -0.39 is 16.1 Å². The van der Waals surface area contributed by atoms with Crippen LogP contribution in [0.25, 0.3) is 17.0 Å². The molecule has 2 heterocycles. The van der Waals surface area contributed by atoms with Crippen LogP contribution in [0.1, 0.15) is 22.3 Å². The number of aromatic nitrogens is 1. The van der Waals surface area contributed by atoms with Gasteiger partial charge in [-0.1, -0.05) is 48.5 Å². The van der Waals surface area contributed by atoms with E-state index in [2.05, 4.69) is 6.07 Å². The fourth-order valence-corrected chi connectivity index (χ4v) is 5.03. The summed E-state index contributed by atoms with van der Waals surface area (Å²) in [6, 6.07) is 23.3. The molecule has 36 heavy (non-hydrogen) atoms. The van der Waals surface area contributed by atoms with Crippen LogP contribution in [-0.2, 0) is 17.9 Å². The summed E-state index contributed by atoms with van der Waals surface area (Å²) in [5.41, 5.74) is 3.60. The van der Waals surface area contributed by atoms with Crippen LogP contribution >= 0.6 is 11.8 Å². The second-order valence-electron chi connectivity index (χ2n) is 8.19. The van der Waals surface area contributed by atoms with E-state index in [1.54, 1.807) is 18.2 Å². The third-order valence-electron chi connectivity index (χ3n) is 5.92. The number of fused-ring (bicyclic) bond motifs is 1. The quantitative estimate of drug-likeness (QED) is 0.193. The summed E-state index contributed by atoms with van der Waals surface area (Å²) in [6.45, 7) is 0.433. The van der Waals surface area contributed by atoms with Crippen molar-refractivity contribution >= 4 is 45.6 Å². The average molecular weight is 495 g/mol. The van der Waals surface area contributed by atoms with Gasteiger partial charge in [-0.05, 0) is 41.1 Å². The highest BCUT2D eigenvalue weighted by molar-refractivity contribution is 8.18. The van der Waals surface area contributed by atoms with Crippen LogP contribution in [0.4, 0.5) is 10.5 Å². The van der Waals surface area contributed by atoms with E-state index >= 15 is 0 Å². The number of carbonyl (C=O) groups is 2. The predicted octanol–water partition coefficient (Wildman–Crippen LogP) is 5.71. The number of nitriles is 1. The van der Waals surface area contributed by atoms with Crippen molar-refractivity contribution in [3.63, 3.8) is 0 Å². The lowest BCUT2D eigenvalue weighted by molar-refractivity contribution is -0.384. The third kappa shape index (κ3) is 4.37. The minimum absolute atomic E-state index is 0.0452. The van der Waals surface area contributed by atoms with Crippen molar-refractivity contribution in [1.29, 1.82) is 5.26 Å². The Morgan fingerprint density at radius 2 is 1.78 bits per heavy atom. The number of nitro groups is 1. The van der Waals surface area contributed by atoms with Gasteiger partial charge in [-0.15, -0.1) is 0 Å². The largest absolute Gasteiger partial charge is 0.342 e. The smallest absolute Gasteiger partial charge is 0.293 e. The van der Waals surface area contributed by atoms with E-state index in [4.69, 9.17) is 0 Å². The second kappa shape index (κ2) is 9.52. The number of hydrogen-bond donors (Lipinski definition) is 0. The number of hydrogen-bond acceptors (Lipinski definition) is 6. The summed E-state index contributed by atoms with van der Waals surface area (Å²) in [5, 5.41) is 21.0. The molecule has 3 aromatic carbocycles. The molecule has 4 aromatic rings. The Hall–Kier alpha value is -4.68. The van der Waals surface area contributed by atoms with Crippen molar-refractivity contribution in [1.82, 2.24) is 9.47 Å². The molecule has 0 saturated carbocycles. The maximum atomic E-state index is 13.1. The number of nitro benzene ring substituents is 1. The van der Waals surface area contributed by atoms with E-state index in [0.29, 0.717) is 17.7 Å². The van der Waals surface area contributed by atoms with Gasteiger partial charge in [-0.2, -0.15) is 5.26 Å². The molecule has 1 aromatic heterocycles. The Balaban J connectivity index is 1.46. The summed E-state index contributed by atoms with van der Waals surface area (Å²) in [7, 11) is 0. The summed E-state index contributed by atoms with van der Waals surface area (Å²) < 4.78 is 2.02. The Labute approximate surface area is 210 Å². The Morgan fingerprint density at radius 1 is 1.00 bits per heavy atom. The maximum Gasteiger partial charge on any atom is 0.293 e. The molecule has 0 atom stereocenters. The van der Waals surface area contributed by atoms with Crippen LogP contribution in [0.5, 0.6) is 0 Å². The first-order valence-corrected chi connectivity index (χ1v) is 11.8. The van der Waals surface area contributed by atoms with Gasteiger partial charge < -0.3 is 4.57 Å². The number of para-hydroxylation sites is 1. The zero-order valence-electron chi connectivity index (χ0n) is 18.8. The lowest BCUT2D eigenvalue weighted by atomic mass is 10.1. The number of nitrogens with zero attached hydrogens (tertiary/aromatic N) is 4. The zero-order chi connectivity index (χ0) is 25.2. The molecule has 0 unspecified atom stereocenters. The number of thioether (sulfide) groups is 1. The highest BCUT2D eigenvalue weighted by Gasteiger charge is 2.35. The first kappa shape index (κ1) is 23.1. The molecule has 9 heteroatoms. The van der Waals surface area contributed by atoms with Gasteiger partial charge in [-0.3, -0.25) is 24.6 Å². The highest BCUT2D eigenvalue weighted by Crippen LogP contribution is 2.35. The van der Waals surface area contributed by atoms with Gasteiger partial charge in [0.05, 0.1) is 28.0 Å². The van der Waals surface area contributed by atoms with Crippen molar-refractivity contribution in [3.05, 3.63) is 116 Å². The fraction of sp³-hybridized carbons (Fsp3) is 0.0741. The Kier molecular flexibility index (Phi) is 6.10. The van der Waals surface area contributed by atoms with Crippen LogP contribution in [0.2, 0.25) is 0 Å². The van der Waals surface area contributed by atoms with Crippen molar-refractivity contribution < 1.29 is 14.5 Å². The van der Waals surface area contributed by atoms with E-state index in [-0.39, 0.29) is 17.1 Å².